The maximum absolute atomic E-state index is 5.70. The summed E-state index contributed by atoms with van der Waals surface area (Å²) in [7, 11) is 0. The van der Waals surface area contributed by atoms with Crippen LogP contribution in [0.4, 0.5) is 0 Å². The van der Waals surface area contributed by atoms with Crippen molar-refractivity contribution in [3.63, 3.8) is 0 Å². The number of nitrogens with zero attached hydrogens (tertiary/aromatic N) is 1. The van der Waals surface area contributed by atoms with Crippen molar-refractivity contribution in [1.29, 1.82) is 0 Å². The molecule has 1 aliphatic rings. The number of hydrogen-bond acceptors (Lipinski definition) is 3. The van der Waals surface area contributed by atoms with E-state index >= 15 is 0 Å². The van der Waals surface area contributed by atoms with E-state index < -0.39 is 0 Å². The Morgan fingerprint density at radius 1 is 1.30 bits per heavy atom. The van der Waals surface area contributed by atoms with E-state index in [9.17, 15) is 0 Å². The molecule has 1 aromatic carbocycles. The minimum Gasteiger partial charge on any atom is -0.493 e. The number of aryl methyl sites for hydroxylation is 1. The molecule has 1 unspecified atom stereocenters. The van der Waals surface area contributed by atoms with Gasteiger partial charge in [0.2, 0.25) is 0 Å². The van der Waals surface area contributed by atoms with Gasteiger partial charge >= 0.3 is 0 Å². The van der Waals surface area contributed by atoms with Crippen LogP contribution in [-0.4, -0.2) is 18.1 Å². The molecule has 0 fully saturated rings. The molecule has 1 atom stereocenters. The van der Waals surface area contributed by atoms with Gasteiger partial charge in [0.05, 0.1) is 6.61 Å². The second kappa shape index (κ2) is 6.06. The summed E-state index contributed by atoms with van der Waals surface area (Å²) in [5.74, 6) is 1.58. The molecule has 0 saturated heterocycles. The highest BCUT2D eigenvalue weighted by Gasteiger charge is 2.20. The highest BCUT2D eigenvalue weighted by molar-refractivity contribution is 5.38. The Labute approximate surface area is 120 Å². The number of nitrogens with one attached hydrogen (secondary N) is 1. The minimum absolute atomic E-state index is 0.539. The van der Waals surface area contributed by atoms with Crippen LogP contribution < -0.4 is 10.1 Å². The maximum Gasteiger partial charge on any atom is 0.122 e. The van der Waals surface area contributed by atoms with Crippen molar-refractivity contribution in [2.45, 2.75) is 25.8 Å². The summed E-state index contributed by atoms with van der Waals surface area (Å²) >= 11 is 0. The lowest BCUT2D eigenvalue weighted by molar-refractivity contribution is 0.264. The monoisotopic (exact) mass is 268 g/mol. The average molecular weight is 268 g/mol. The molecule has 0 bridgehead atoms. The van der Waals surface area contributed by atoms with Crippen LogP contribution in [0, 0.1) is 6.92 Å². The summed E-state index contributed by atoms with van der Waals surface area (Å²) in [6, 6.07) is 10.4. The Morgan fingerprint density at radius 2 is 2.20 bits per heavy atom. The zero-order chi connectivity index (χ0) is 13.8. The van der Waals surface area contributed by atoms with Gasteiger partial charge in [0.1, 0.15) is 5.75 Å². The van der Waals surface area contributed by atoms with Crippen LogP contribution >= 0.6 is 0 Å². The number of pyridine rings is 1. The molecule has 2 heterocycles. The first-order valence-electron chi connectivity index (χ1n) is 7.16. The Bertz CT molecular complexity index is 583. The molecule has 3 heteroatoms. The number of para-hydroxylation sites is 1. The molecule has 1 aliphatic heterocycles. The van der Waals surface area contributed by atoms with E-state index in [0.29, 0.717) is 5.92 Å². The van der Waals surface area contributed by atoms with E-state index in [1.54, 1.807) is 0 Å². The lowest BCUT2D eigenvalue weighted by Crippen LogP contribution is -2.25. The minimum atomic E-state index is 0.539. The fourth-order valence-corrected chi connectivity index (χ4v) is 2.69. The van der Waals surface area contributed by atoms with Crippen molar-refractivity contribution < 1.29 is 4.74 Å². The number of fused-ring (bicyclic) bond motifs is 1. The lowest BCUT2D eigenvalue weighted by Gasteiger charge is -2.26. The smallest absolute Gasteiger partial charge is 0.122 e. The standard InChI is InChI=1S/C17H20N2O/c1-13-6-8-18-11-15(13)12-19-10-14-7-9-20-17-5-3-2-4-16(14)17/h2-6,8,11,14,19H,7,9-10,12H2,1H3. The first-order chi connectivity index (χ1) is 9.84. The van der Waals surface area contributed by atoms with Crippen molar-refractivity contribution in [2.24, 2.45) is 0 Å². The molecule has 0 aliphatic carbocycles. The predicted molar refractivity (Wildman–Crippen MR) is 80.0 cm³/mol. The van der Waals surface area contributed by atoms with Crippen molar-refractivity contribution in [2.75, 3.05) is 13.2 Å². The molecular weight excluding hydrogens is 248 g/mol. The van der Waals surface area contributed by atoms with Gasteiger partial charge in [-0.15, -0.1) is 0 Å². The van der Waals surface area contributed by atoms with E-state index in [2.05, 4.69) is 41.5 Å². The summed E-state index contributed by atoms with van der Waals surface area (Å²) in [5, 5.41) is 3.56. The van der Waals surface area contributed by atoms with Gasteiger partial charge in [0.25, 0.3) is 0 Å². The van der Waals surface area contributed by atoms with Gasteiger partial charge in [-0.2, -0.15) is 0 Å². The lowest BCUT2D eigenvalue weighted by atomic mass is 9.93. The third-order valence-electron chi connectivity index (χ3n) is 3.94. The summed E-state index contributed by atoms with van der Waals surface area (Å²) in [4.78, 5) is 4.19. The molecule has 20 heavy (non-hydrogen) atoms. The summed E-state index contributed by atoms with van der Waals surface area (Å²) in [6.45, 7) is 4.80. The van der Waals surface area contributed by atoms with Crippen LogP contribution in [0.25, 0.3) is 0 Å². The SMILES string of the molecule is Cc1ccncc1CNCC1CCOc2ccccc21. The van der Waals surface area contributed by atoms with Gasteiger partial charge in [-0.1, -0.05) is 18.2 Å². The molecule has 0 amide bonds. The normalized spacial score (nSPS) is 17.4. The maximum atomic E-state index is 5.70. The fraction of sp³-hybridized carbons (Fsp3) is 0.353. The zero-order valence-electron chi connectivity index (χ0n) is 11.8. The predicted octanol–water partition coefficient (Wildman–Crippen LogP) is 3.05. The number of rotatable bonds is 4. The molecule has 0 spiro atoms. The van der Waals surface area contributed by atoms with Crippen LogP contribution in [0.15, 0.2) is 42.7 Å². The second-order valence-corrected chi connectivity index (χ2v) is 5.30. The van der Waals surface area contributed by atoms with E-state index in [0.717, 1.165) is 31.9 Å². The van der Waals surface area contributed by atoms with Gasteiger partial charge in [-0.25, -0.2) is 0 Å². The van der Waals surface area contributed by atoms with E-state index in [1.165, 1.54) is 16.7 Å². The first kappa shape index (κ1) is 13.1. The molecule has 104 valence electrons. The van der Waals surface area contributed by atoms with Gasteiger partial charge in [0, 0.05) is 31.4 Å². The van der Waals surface area contributed by atoms with Crippen LogP contribution in [0.2, 0.25) is 0 Å². The first-order valence-corrected chi connectivity index (χ1v) is 7.16. The van der Waals surface area contributed by atoms with Gasteiger partial charge in [0.15, 0.2) is 0 Å². The number of benzene rings is 1. The third-order valence-corrected chi connectivity index (χ3v) is 3.94. The van der Waals surface area contributed by atoms with Crippen LogP contribution in [0.3, 0.4) is 0 Å². The molecule has 1 aromatic heterocycles. The van der Waals surface area contributed by atoms with Crippen molar-refractivity contribution in [3.05, 3.63) is 59.4 Å². The van der Waals surface area contributed by atoms with E-state index in [1.807, 2.05) is 18.5 Å². The number of hydrogen-bond donors (Lipinski definition) is 1. The quantitative estimate of drug-likeness (QED) is 0.925. The van der Waals surface area contributed by atoms with E-state index in [-0.39, 0.29) is 0 Å². The Hall–Kier alpha value is -1.87. The molecule has 1 N–H and O–H groups in total. The van der Waals surface area contributed by atoms with E-state index in [4.69, 9.17) is 4.74 Å². The van der Waals surface area contributed by atoms with Crippen molar-refractivity contribution in [3.8, 4) is 5.75 Å². The van der Waals surface area contributed by atoms with Gasteiger partial charge < -0.3 is 10.1 Å². The number of aromatic nitrogens is 1. The third kappa shape index (κ3) is 2.83. The molecular formula is C17H20N2O. The van der Waals surface area contributed by atoms with Gasteiger partial charge in [-0.05, 0) is 42.2 Å². The fourth-order valence-electron chi connectivity index (χ4n) is 2.69. The summed E-state index contributed by atoms with van der Waals surface area (Å²) in [5.41, 5.74) is 3.89. The van der Waals surface area contributed by atoms with Crippen molar-refractivity contribution >= 4 is 0 Å². The Morgan fingerprint density at radius 3 is 3.10 bits per heavy atom. The highest BCUT2D eigenvalue weighted by atomic mass is 16.5. The zero-order valence-corrected chi connectivity index (χ0v) is 11.8. The molecule has 3 rings (SSSR count). The summed E-state index contributed by atoms with van der Waals surface area (Å²) in [6.07, 6.45) is 4.86. The van der Waals surface area contributed by atoms with Gasteiger partial charge in [-0.3, -0.25) is 4.98 Å². The highest BCUT2D eigenvalue weighted by Crippen LogP contribution is 2.32. The summed E-state index contributed by atoms with van der Waals surface area (Å²) < 4.78 is 5.70. The topological polar surface area (TPSA) is 34.2 Å². The van der Waals surface area contributed by atoms with Crippen LogP contribution in [0.5, 0.6) is 5.75 Å². The Kier molecular flexibility index (Phi) is 3.97. The molecule has 2 aromatic rings. The second-order valence-electron chi connectivity index (χ2n) is 5.30. The van der Waals surface area contributed by atoms with Crippen LogP contribution in [0.1, 0.15) is 29.0 Å². The molecule has 0 saturated carbocycles. The average Bonchev–Trinajstić information content (AvgIpc) is 2.49. The molecule has 3 nitrogen and oxygen atoms in total. The Balaban J connectivity index is 1.61. The van der Waals surface area contributed by atoms with Crippen LogP contribution in [-0.2, 0) is 6.54 Å². The molecule has 0 radical (unpaired) electrons. The van der Waals surface area contributed by atoms with Crippen molar-refractivity contribution in [1.82, 2.24) is 10.3 Å². The number of ether oxygens (including phenoxy) is 1. The largest absolute Gasteiger partial charge is 0.493 e.